The van der Waals surface area contributed by atoms with E-state index in [1.54, 1.807) is 17.7 Å². The lowest BCUT2D eigenvalue weighted by atomic mass is 10.1. The Morgan fingerprint density at radius 1 is 1.38 bits per heavy atom. The van der Waals surface area contributed by atoms with E-state index in [0.29, 0.717) is 6.04 Å². The highest BCUT2D eigenvalue weighted by Crippen LogP contribution is 2.30. The van der Waals surface area contributed by atoms with Crippen LogP contribution in [-0.4, -0.2) is 16.0 Å². The molecule has 2 aromatic heterocycles. The molecule has 4 heteroatoms. The molecule has 0 radical (unpaired) electrons. The first-order chi connectivity index (χ1) is 7.83. The largest absolute Gasteiger partial charge is 0.367 e. The summed E-state index contributed by atoms with van der Waals surface area (Å²) in [5, 5.41) is 6.79. The Kier molecular flexibility index (Phi) is 2.52. The number of hydrogen-bond donors (Lipinski definition) is 1. The second-order valence-corrected chi connectivity index (χ2v) is 5.52. The van der Waals surface area contributed by atoms with Gasteiger partial charge in [0.1, 0.15) is 17.0 Å². The third kappa shape index (κ3) is 1.78. The molecule has 1 aliphatic rings. The summed E-state index contributed by atoms with van der Waals surface area (Å²) in [6.45, 7) is 2.32. The average Bonchev–Trinajstić information content (AvgIpc) is 2.87. The van der Waals surface area contributed by atoms with Crippen molar-refractivity contribution >= 4 is 27.4 Å². The Balaban J connectivity index is 1.86. The third-order valence-corrected chi connectivity index (χ3v) is 4.12. The van der Waals surface area contributed by atoms with Gasteiger partial charge in [-0.15, -0.1) is 11.3 Å². The van der Waals surface area contributed by atoms with E-state index in [-0.39, 0.29) is 0 Å². The zero-order chi connectivity index (χ0) is 11.0. The van der Waals surface area contributed by atoms with E-state index in [0.717, 1.165) is 22.0 Å². The summed E-state index contributed by atoms with van der Waals surface area (Å²) < 4.78 is 0. The third-order valence-electron chi connectivity index (χ3n) is 3.30. The van der Waals surface area contributed by atoms with Crippen LogP contribution < -0.4 is 5.32 Å². The maximum Gasteiger partial charge on any atom is 0.138 e. The molecule has 0 saturated heterocycles. The lowest BCUT2D eigenvalue weighted by Gasteiger charge is -2.13. The first kappa shape index (κ1) is 10.0. The lowest BCUT2D eigenvalue weighted by molar-refractivity contribution is 0.602. The van der Waals surface area contributed by atoms with Crippen LogP contribution in [0.5, 0.6) is 0 Å². The van der Waals surface area contributed by atoms with Gasteiger partial charge in [-0.3, -0.25) is 0 Å². The summed E-state index contributed by atoms with van der Waals surface area (Å²) in [5.41, 5.74) is 0. The van der Waals surface area contributed by atoms with E-state index in [2.05, 4.69) is 33.7 Å². The van der Waals surface area contributed by atoms with Crippen LogP contribution in [-0.2, 0) is 0 Å². The van der Waals surface area contributed by atoms with Crippen molar-refractivity contribution in [3.8, 4) is 0 Å². The van der Waals surface area contributed by atoms with Gasteiger partial charge >= 0.3 is 0 Å². The number of aromatic nitrogens is 2. The van der Waals surface area contributed by atoms with Gasteiger partial charge in [-0.2, -0.15) is 0 Å². The number of nitrogens with one attached hydrogen (secondary N) is 1. The number of nitrogens with zero attached hydrogens (tertiary/aromatic N) is 2. The molecule has 0 aliphatic heterocycles. The summed E-state index contributed by atoms with van der Waals surface area (Å²) in [4.78, 5) is 9.68. The van der Waals surface area contributed by atoms with E-state index < -0.39 is 0 Å². The molecule has 3 rings (SSSR count). The normalized spacial score (nSPS) is 25.1. The molecule has 0 amide bonds. The highest BCUT2D eigenvalue weighted by Gasteiger charge is 2.21. The van der Waals surface area contributed by atoms with Gasteiger partial charge in [0.2, 0.25) is 0 Å². The summed E-state index contributed by atoms with van der Waals surface area (Å²) in [7, 11) is 0. The number of rotatable bonds is 2. The molecule has 0 spiro atoms. The van der Waals surface area contributed by atoms with Crippen LogP contribution in [0.4, 0.5) is 5.82 Å². The summed E-state index contributed by atoms with van der Waals surface area (Å²) in [5.74, 6) is 1.85. The van der Waals surface area contributed by atoms with Crippen LogP contribution in [0.3, 0.4) is 0 Å². The second kappa shape index (κ2) is 4.01. The van der Waals surface area contributed by atoms with Crippen LogP contribution >= 0.6 is 11.3 Å². The van der Waals surface area contributed by atoms with Gasteiger partial charge in [0.05, 0.1) is 5.39 Å². The van der Waals surface area contributed by atoms with Crippen LogP contribution in [0.1, 0.15) is 26.2 Å². The Morgan fingerprint density at radius 2 is 2.31 bits per heavy atom. The van der Waals surface area contributed by atoms with Crippen LogP contribution in [0.15, 0.2) is 17.8 Å². The molecule has 84 valence electrons. The average molecular weight is 233 g/mol. The zero-order valence-electron chi connectivity index (χ0n) is 9.31. The van der Waals surface area contributed by atoms with Gasteiger partial charge in [-0.1, -0.05) is 6.92 Å². The predicted molar refractivity (Wildman–Crippen MR) is 67.8 cm³/mol. The smallest absolute Gasteiger partial charge is 0.138 e. The molecular formula is C12H15N3S. The van der Waals surface area contributed by atoms with Crippen molar-refractivity contribution in [3.05, 3.63) is 17.8 Å². The van der Waals surface area contributed by atoms with Gasteiger partial charge in [0, 0.05) is 6.04 Å². The van der Waals surface area contributed by atoms with E-state index in [1.807, 2.05) is 0 Å². The topological polar surface area (TPSA) is 37.8 Å². The minimum absolute atomic E-state index is 0.591. The molecule has 3 nitrogen and oxygen atoms in total. The van der Waals surface area contributed by atoms with E-state index in [9.17, 15) is 0 Å². The number of thiophene rings is 1. The van der Waals surface area contributed by atoms with E-state index in [4.69, 9.17) is 0 Å². The number of hydrogen-bond acceptors (Lipinski definition) is 4. The molecule has 2 atom stereocenters. The fourth-order valence-corrected chi connectivity index (χ4v) is 3.17. The van der Waals surface area contributed by atoms with Gasteiger partial charge in [0.25, 0.3) is 0 Å². The first-order valence-electron chi connectivity index (χ1n) is 5.77. The van der Waals surface area contributed by atoms with Crippen molar-refractivity contribution in [2.45, 2.75) is 32.2 Å². The Hall–Kier alpha value is -1.16. The minimum atomic E-state index is 0.591. The predicted octanol–water partition coefficient (Wildman–Crippen LogP) is 3.29. The van der Waals surface area contributed by atoms with Crippen molar-refractivity contribution in [2.24, 2.45) is 5.92 Å². The van der Waals surface area contributed by atoms with Gasteiger partial charge in [0.15, 0.2) is 0 Å². The van der Waals surface area contributed by atoms with Crippen LogP contribution in [0, 0.1) is 5.92 Å². The summed E-state index contributed by atoms with van der Waals surface area (Å²) >= 11 is 1.67. The SMILES string of the molecule is CC1CCC(Nc2ncnc3sccc23)C1. The fraction of sp³-hybridized carbons (Fsp3) is 0.500. The molecule has 0 bridgehead atoms. The van der Waals surface area contributed by atoms with Crippen LogP contribution in [0.2, 0.25) is 0 Å². The van der Waals surface area contributed by atoms with Crippen molar-refractivity contribution < 1.29 is 0 Å². The molecule has 1 aliphatic carbocycles. The maximum atomic E-state index is 4.35. The standard InChI is InChI=1S/C12H15N3S/c1-8-2-3-9(6-8)15-11-10-4-5-16-12(10)14-7-13-11/h4-5,7-9H,2-3,6H2,1H3,(H,13,14,15). The highest BCUT2D eigenvalue weighted by atomic mass is 32.1. The molecule has 2 aromatic rings. The van der Waals surface area contributed by atoms with E-state index >= 15 is 0 Å². The Bertz CT molecular complexity index is 494. The quantitative estimate of drug-likeness (QED) is 0.865. The molecule has 1 N–H and O–H groups in total. The van der Waals surface area contributed by atoms with Crippen molar-refractivity contribution in [1.82, 2.24) is 9.97 Å². The zero-order valence-corrected chi connectivity index (χ0v) is 10.1. The Morgan fingerprint density at radius 3 is 3.12 bits per heavy atom. The van der Waals surface area contributed by atoms with Gasteiger partial charge in [-0.25, -0.2) is 9.97 Å². The second-order valence-electron chi connectivity index (χ2n) is 4.62. The molecule has 0 aromatic carbocycles. The molecule has 2 unspecified atom stereocenters. The summed E-state index contributed by atoms with van der Waals surface area (Å²) in [6.07, 6.45) is 5.50. The van der Waals surface area contributed by atoms with Crippen LogP contribution in [0.25, 0.3) is 10.2 Å². The highest BCUT2D eigenvalue weighted by molar-refractivity contribution is 7.16. The lowest BCUT2D eigenvalue weighted by Crippen LogP contribution is -2.16. The van der Waals surface area contributed by atoms with E-state index in [1.165, 1.54) is 19.3 Å². The molecular weight excluding hydrogens is 218 g/mol. The molecule has 16 heavy (non-hydrogen) atoms. The van der Waals surface area contributed by atoms with Crippen molar-refractivity contribution in [2.75, 3.05) is 5.32 Å². The van der Waals surface area contributed by atoms with Gasteiger partial charge < -0.3 is 5.32 Å². The van der Waals surface area contributed by atoms with Crippen molar-refractivity contribution in [1.29, 1.82) is 0 Å². The maximum absolute atomic E-state index is 4.35. The van der Waals surface area contributed by atoms with Crippen molar-refractivity contribution in [3.63, 3.8) is 0 Å². The number of fused-ring (bicyclic) bond motifs is 1. The molecule has 2 heterocycles. The Labute approximate surface area is 98.9 Å². The summed E-state index contributed by atoms with van der Waals surface area (Å²) in [6, 6.07) is 2.69. The monoisotopic (exact) mass is 233 g/mol. The number of anilines is 1. The fourth-order valence-electron chi connectivity index (χ4n) is 2.44. The minimum Gasteiger partial charge on any atom is -0.367 e. The first-order valence-corrected chi connectivity index (χ1v) is 6.65. The molecule has 1 saturated carbocycles. The van der Waals surface area contributed by atoms with Gasteiger partial charge in [-0.05, 0) is 36.6 Å². The molecule has 1 fully saturated rings.